The molecule has 0 heterocycles. The van der Waals surface area contributed by atoms with Crippen LogP contribution in [-0.4, -0.2) is 17.4 Å². The smallest absolute Gasteiger partial charge is 0.481 e. The predicted molar refractivity (Wildman–Crippen MR) is 69.9 cm³/mol. The third kappa shape index (κ3) is 4.24. The summed E-state index contributed by atoms with van der Waals surface area (Å²) in [6, 6.07) is 12.1. The van der Waals surface area contributed by atoms with Crippen LogP contribution in [0.2, 0.25) is 0 Å². The van der Waals surface area contributed by atoms with Crippen LogP contribution in [0.1, 0.15) is 5.56 Å². The van der Waals surface area contributed by atoms with Gasteiger partial charge in [-0.1, -0.05) is 36.4 Å². The van der Waals surface area contributed by atoms with Gasteiger partial charge in [0, 0.05) is 0 Å². The van der Waals surface area contributed by atoms with Gasteiger partial charge in [-0.25, -0.2) is 0 Å². The van der Waals surface area contributed by atoms with Gasteiger partial charge in [0.05, 0.1) is 6.42 Å². The number of carboxylic acids is 1. The Balaban J connectivity index is 2.29. The van der Waals surface area contributed by atoms with Crippen LogP contribution in [0.15, 0.2) is 48.5 Å². The lowest BCUT2D eigenvalue weighted by Crippen LogP contribution is -2.16. The second-order valence-corrected chi connectivity index (χ2v) is 4.30. The van der Waals surface area contributed by atoms with Gasteiger partial charge in [0.1, 0.15) is 5.75 Å². The van der Waals surface area contributed by atoms with Gasteiger partial charge in [-0.2, -0.15) is 0 Å². The highest BCUT2D eigenvalue weighted by Crippen LogP contribution is 2.28. The fourth-order valence-corrected chi connectivity index (χ4v) is 1.96. The number of carbonyl (C=O) groups is 1. The molecule has 21 heavy (non-hydrogen) atoms. The highest BCUT2D eigenvalue weighted by molar-refractivity contribution is 5.76. The van der Waals surface area contributed by atoms with Gasteiger partial charge in [0.2, 0.25) is 0 Å². The van der Waals surface area contributed by atoms with E-state index >= 15 is 0 Å². The van der Waals surface area contributed by atoms with Crippen LogP contribution in [0.3, 0.4) is 0 Å². The number of hydrogen-bond donors (Lipinski definition) is 1. The number of hydrogen-bond acceptors (Lipinski definition) is 2. The molecule has 6 heteroatoms. The lowest BCUT2D eigenvalue weighted by Gasteiger charge is -2.11. The number of alkyl halides is 3. The topological polar surface area (TPSA) is 46.5 Å². The Morgan fingerprint density at radius 1 is 1.05 bits per heavy atom. The maximum absolute atomic E-state index is 12.1. The highest BCUT2D eigenvalue weighted by atomic mass is 19.4. The zero-order valence-corrected chi connectivity index (χ0v) is 10.7. The molecule has 0 amide bonds. The minimum absolute atomic E-state index is 0.156. The molecule has 3 nitrogen and oxygen atoms in total. The largest absolute Gasteiger partial charge is 0.573 e. The van der Waals surface area contributed by atoms with Crippen LogP contribution in [0.25, 0.3) is 11.1 Å². The van der Waals surface area contributed by atoms with Gasteiger partial charge in [-0.3, -0.25) is 4.79 Å². The Kier molecular flexibility index (Phi) is 4.16. The quantitative estimate of drug-likeness (QED) is 0.931. The van der Waals surface area contributed by atoms with E-state index in [-0.39, 0.29) is 12.2 Å². The van der Waals surface area contributed by atoms with Gasteiger partial charge >= 0.3 is 12.3 Å². The van der Waals surface area contributed by atoms with E-state index in [9.17, 15) is 18.0 Å². The SMILES string of the molecule is O=C(O)Cc1ccccc1-c1ccc(OC(F)(F)F)cc1. The molecule has 0 unspecified atom stereocenters. The van der Waals surface area contributed by atoms with Gasteiger partial charge in [0.15, 0.2) is 0 Å². The normalized spacial score (nSPS) is 11.2. The molecule has 0 bridgehead atoms. The first-order chi connectivity index (χ1) is 9.85. The summed E-state index contributed by atoms with van der Waals surface area (Å²) >= 11 is 0. The summed E-state index contributed by atoms with van der Waals surface area (Å²) in [6.07, 6.45) is -4.89. The molecule has 0 atom stereocenters. The number of ether oxygens (including phenoxy) is 1. The van der Waals surface area contributed by atoms with Crippen molar-refractivity contribution in [1.82, 2.24) is 0 Å². The lowest BCUT2D eigenvalue weighted by molar-refractivity contribution is -0.274. The first-order valence-electron chi connectivity index (χ1n) is 6.01. The van der Waals surface area contributed by atoms with E-state index in [1.165, 1.54) is 24.3 Å². The summed E-state index contributed by atoms with van der Waals surface area (Å²) in [7, 11) is 0. The average molecular weight is 296 g/mol. The number of rotatable bonds is 4. The third-order valence-corrected chi connectivity index (χ3v) is 2.76. The molecule has 0 aliphatic rings. The van der Waals surface area contributed by atoms with Gasteiger partial charge in [0.25, 0.3) is 0 Å². The van der Waals surface area contributed by atoms with Crippen molar-refractivity contribution in [2.75, 3.05) is 0 Å². The minimum Gasteiger partial charge on any atom is -0.481 e. The van der Waals surface area contributed by atoms with Crippen molar-refractivity contribution in [3.63, 3.8) is 0 Å². The summed E-state index contributed by atoms with van der Waals surface area (Å²) in [5, 5.41) is 8.86. The molecular weight excluding hydrogens is 285 g/mol. The Morgan fingerprint density at radius 2 is 1.67 bits per heavy atom. The van der Waals surface area contributed by atoms with E-state index in [1.807, 2.05) is 0 Å². The maximum atomic E-state index is 12.1. The molecule has 0 radical (unpaired) electrons. The van der Waals surface area contributed by atoms with Crippen molar-refractivity contribution in [3.8, 4) is 16.9 Å². The fourth-order valence-electron chi connectivity index (χ4n) is 1.96. The van der Waals surface area contributed by atoms with Crippen LogP contribution >= 0.6 is 0 Å². The Hall–Kier alpha value is -2.50. The van der Waals surface area contributed by atoms with Crippen molar-refractivity contribution in [1.29, 1.82) is 0 Å². The molecular formula is C15H11F3O3. The van der Waals surface area contributed by atoms with Crippen LogP contribution in [0.4, 0.5) is 13.2 Å². The molecule has 0 spiro atoms. The molecule has 2 aromatic carbocycles. The zero-order valence-electron chi connectivity index (χ0n) is 10.7. The van der Waals surface area contributed by atoms with E-state index < -0.39 is 12.3 Å². The molecule has 0 fully saturated rings. The monoisotopic (exact) mass is 296 g/mol. The van der Waals surface area contributed by atoms with Crippen molar-refractivity contribution < 1.29 is 27.8 Å². The maximum Gasteiger partial charge on any atom is 0.573 e. The predicted octanol–water partition coefficient (Wildman–Crippen LogP) is 3.88. The number of aliphatic carboxylic acids is 1. The highest BCUT2D eigenvalue weighted by Gasteiger charge is 2.30. The second kappa shape index (κ2) is 5.87. The van der Waals surface area contributed by atoms with E-state index in [0.717, 1.165) is 0 Å². The fraction of sp³-hybridized carbons (Fsp3) is 0.133. The first kappa shape index (κ1) is 14.9. The summed E-state index contributed by atoms with van der Waals surface area (Å²) in [5.41, 5.74) is 1.88. The molecule has 0 aliphatic carbocycles. The van der Waals surface area contributed by atoms with Crippen LogP contribution in [-0.2, 0) is 11.2 Å². The number of halogens is 3. The van der Waals surface area contributed by atoms with E-state index in [4.69, 9.17) is 5.11 Å². The van der Waals surface area contributed by atoms with Gasteiger partial charge in [-0.15, -0.1) is 13.2 Å². The second-order valence-electron chi connectivity index (χ2n) is 4.30. The Morgan fingerprint density at radius 3 is 2.24 bits per heavy atom. The van der Waals surface area contributed by atoms with Crippen molar-refractivity contribution in [2.24, 2.45) is 0 Å². The molecule has 110 valence electrons. The van der Waals surface area contributed by atoms with E-state index in [0.29, 0.717) is 16.7 Å². The van der Waals surface area contributed by atoms with Crippen molar-refractivity contribution >= 4 is 5.97 Å². The average Bonchev–Trinajstić information content (AvgIpc) is 2.38. The first-order valence-corrected chi connectivity index (χ1v) is 6.01. The standard InChI is InChI=1S/C15H11F3O3/c16-15(17,18)21-12-7-5-10(6-8-12)13-4-2-1-3-11(13)9-14(19)20/h1-8H,9H2,(H,19,20). The summed E-state index contributed by atoms with van der Waals surface area (Å²) < 4.78 is 40.0. The molecule has 2 aromatic rings. The van der Waals surface area contributed by atoms with E-state index in [2.05, 4.69) is 4.74 Å². The zero-order chi connectivity index (χ0) is 15.5. The van der Waals surface area contributed by atoms with Crippen LogP contribution in [0.5, 0.6) is 5.75 Å². The van der Waals surface area contributed by atoms with Gasteiger partial charge < -0.3 is 9.84 Å². The molecule has 1 N–H and O–H groups in total. The molecule has 2 rings (SSSR count). The van der Waals surface area contributed by atoms with Crippen LogP contribution < -0.4 is 4.74 Å². The van der Waals surface area contributed by atoms with Crippen molar-refractivity contribution in [3.05, 3.63) is 54.1 Å². The number of carboxylic acid groups (broad SMARTS) is 1. The van der Waals surface area contributed by atoms with Gasteiger partial charge in [-0.05, 0) is 28.8 Å². The summed E-state index contributed by atoms with van der Waals surface area (Å²) in [4.78, 5) is 10.8. The summed E-state index contributed by atoms with van der Waals surface area (Å²) in [6.45, 7) is 0. The third-order valence-electron chi connectivity index (χ3n) is 2.76. The number of benzene rings is 2. The van der Waals surface area contributed by atoms with E-state index in [1.54, 1.807) is 24.3 Å². The Labute approximate surface area is 118 Å². The molecule has 0 aliphatic heterocycles. The minimum atomic E-state index is -4.73. The molecule has 0 saturated carbocycles. The molecule has 0 aromatic heterocycles. The summed E-state index contributed by atoms with van der Waals surface area (Å²) in [5.74, 6) is -1.29. The van der Waals surface area contributed by atoms with Crippen LogP contribution in [0, 0.1) is 0 Å². The molecule has 0 saturated heterocycles. The Bertz CT molecular complexity index is 633. The van der Waals surface area contributed by atoms with Crippen molar-refractivity contribution in [2.45, 2.75) is 12.8 Å². The lowest BCUT2D eigenvalue weighted by atomic mass is 9.98.